The van der Waals surface area contributed by atoms with Gasteiger partial charge in [-0.3, -0.25) is 0 Å². The van der Waals surface area contributed by atoms with Crippen molar-refractivity contribution in [1.29, 1.82) is 0 Å². The highest BCUT2D eigenvalue weighted by Gasteiger charge is 2.49. The van der Waals surface area contributed by atoms with E-state index in [1.54, 1.807) is 6.08 Å². The van der Waals surface area contributed by atoms with Crippen molar-refractivity contribution in [2.45, 2.75) is 52.6 Å². The minimum atomic E-state index is -2.91. The van der Waals surface area contributed by atoms with Crippen LogP contribution in [-0.4, -0.2) is 40.4 Å². The zero-order valence-corrected chi connectivity index (χ0v) is 12.9. The average molecular weight is 275 g/mol. The molecule has 5 nitrogen and oxygen atoms in total. The van der Waals surface area contributed by atoms with Crippen molar-refractivity contribution in [1.82, 2.24) is 0 Å². The molecule has 0 aliphatic heterocycles. The van der Waals surface area contributed by atoms with E-state index in [1.165, 1.54) is 0 Å². The standard InChI is InChI=1S/C12H25NO4Si/c1-5-9-10-12(13-11-14)18(15-6-2,16-7-3)17-8-4/h12H,5-10H2,1-4H3. The van der Waals surface area contributed by atoms with Crippen molar-refractivity contribution >= 4 is 14.9 Å². The fourth-order valence-corrected chi connectivity index (χ4v) is 4.60. The Hall–Kier alpha value is -0.523. The summed E-state index contributed by atoms with van der Waals surface area (Å²) in [6, 6.07) is 0. The van der Waals surface area contributed by atoms with Crippen LogP contribution in [0.4, 0.5) is 0 Å². The van der Waals surface area contributed by atoms with E-state index in [-0.39, 0.29) is 5.67 Å². The number of rotatable bonds is 11. The number of unbranched alkanes of at least 4 members (excludes halogenated alkanes) is 1. The molecule has 0 aromatic carbocycles. The van der Waals surface area contributed by atoms with Crippen molar-refractivity contribution in [3.8, 4) is 0 Å². The minimum Gasteiger partial charge on any atom is -0.372 e. The van der Waals surface area contributed by atoms with Crippen molar-refractivity contribution in [3.63, 3.8) is 0 Å². The highest BCUT2D eigenvalue weighted by molar-refractivity contribution is 6.62. The Morgan fingerprint density at radius 1 is 1.06 bits per heavy atom. The molecule has 0 aliphatic carbocycles. The Labute approximate surface area is 111 Å². The van der Waals surface area contributed by atoms with Gasteiger partial charge in [0.05, 0.1) is 0 Å². The summed E-state index contributed by atoms with van der Waals surface area (Å²) in [6.45, 7) is 9.23. The summed E-state index contributed by atoms with van der Waals surface area (Å²) < 4.78 is 17.2. The lowest BCUT2D eigenvalue weighted by Crippen LogP contribution is -2.55. The number of isocyanates is 1. The highest BCUT2D eigenvalue weighted by Crippen LogP contribution is 2.22. The van der Waals surface area contributed by atoms with E-state index < -0.39 is 8.80 Å². The number of aliphatic imine (C=N–C) groups is 1. The van der Waals surface area contributed by atoms with E-state index >= 15 is 0 Å². The van der Waals surface area contributed by atoms with Gasteiger partial charge in [-0.05, 0) is 27.2 Å². The van der Waals surface area contributed by atoms with Crippen molar-refractivity contribution in [3.05, 3.63) is 0 Å². The van der Waals surface area contributed by atoms with Gasteiger partial charge in [-0.15, -0.1) is 0 Å². The molecule has 1 atom stereocenters. The molecule has 0 aromatic rings. The molecule has 0 radical (unpaired) electrons. The summed E-state index contributed by atoms with van der Waals surface area (Å²) in [4.78, 5) is 14.5. The molecule has 0 rings (SSSR count). The third-order valence-electron chi connectivity index (χ3n) is 2.48. The molecule has 1 unspecified atom stereocenters. The molecule has 0 heterocycles. The summed E-state index contributed by atoms with van der Waals surface area (Å²) >= 11 is 0. The highest BCUT2D eigenvalue weighted by atomic mass is 28.4. The average Bonchev–Trinajstić information content (AvgIpc) is 2.35. The molecule has 0 N–H and O–H groups in total. The summed E-state index contributed by atoms with van der Waals surface area (Å²) in [6.07, 6.45) is 4.34. The van der Waals surface area contributed by atoms with Gasteiger partial charge in [0, 0.05) is 19.8 Å². The van der Waals surface area contributed by atoms with Crippen LogP contribution in [0.3, 0.4) is 0 Å². The first-order valence-electron chi connectivity index (χ1n) is 6.69. The molecule has 0 aliphatic rings. The molecule has 6 heteroatoms. The molecule has 0 bridgehead atoms. The number of carbonyl (C=O) groups excluding carboxylic acids is 1. The normalized spacial score (nSPS) is 13.1. The second kappa shape index (κ2) is 10.4. The van der Waals surface area contributed by atoms with Crippen molar-refractivity contribution in [2.24, 2.45) is 4.99 Å². The number of nitrogens with zero attached hydrogens (tertiary/aromatic N) is 1. The van der Waals surface area contributed by atoms with Crippen molar-refractivity contribution in [2.75, 3.05) is 19.8 Å². The largest absolute Gasteiger partial charge is 0.527 e. The van der Waals surface area contributed by atoms with E-state index in [0.29, 0.717) is 19.8 Å². The van der Waals surface area contributed by atoms with E-state index in [0.717, 1.165) is 19.3 Å². The van der Waals surface area contributed by atoms with Gasteiger partial charge in [0.25, 0.3) is 0 Å². The molecule has 18 heavy (non-hydrogen) atoms. The maximum atomic E-state index is 10.6. The Balaban J connectivity index is 5.06. The van der Waals surface area contributed by atoms with E-state index in [9.17, 15) is 4.79 Å². The molecule has 0 amide bonds. The second-order valence-corrected chi connectivity index (χ2v) is 6.52. The van der Waals surface area contributed by atoms with Gasteiger partial charge in [-0.1, -0.05) is 19.8 Å². The van der Waals surface area contributed by atoms with Crippen LogP contribution < -0.4 is 0 Å². The quantitative estimate of drug-likeness (QED) is 0.330. The molecule has 0 saturated heterocycles. The first kappa shape index (κ1) is 17.5. The summed E-state index contributed by atoms with van der Waals surface area (Å²) in [5.74, 6) is 0. The Morgan fingerprint density at radius 2 is 1.56 bits per heavy atom. The van der Waals surface area contributed by atoms with Crippen molar-refractivity contribution < 1.29 is 18.1 Å². The van der Waals surface area contributed by atoms with Crippen LogP contribution >= 0.6 is 0 Å². The minimum absolute atomic E-state index is 0.338. The monoisotopic (exact) mass is 275 g/mol. The van der Waals surface area contributed by atoms with Gasteiger partial charge in [-0.2, -0.15) is 4.99 Å². The van der Waals surface area contributed by atoms with Crippen LogP contribution in [-0.2, 0) is 18.1 Å². The fourth-order valence-electron chi connectivity index (χ4n) is 1.80. The summed E-state index contributed by atoms with van der Waals surface area (Å²) in [5.41, 5.74) is -0.338. The third kappa shape index (κ3) is 5.41. The van der Waals surface area contributed by atoms with Gasteiger partial charge >= 0.3 is 8.80 Å². The molecular weight excluding hydrogens is 250 g/mol. The van der Waals surface area contributed by atoms with Crippen LogP contribution in [0, 0.1) is 0 Å². The Kier molecular flexibility index (Phi) is 10.1. The van der Waals surface area contributed by atoms with Crippen LogP contribution in [0.2, 0.25) is 0 Å². The van der Waals surface area contributed by atoms with Crippen LogP contribution in [0.5, 0.6) is 0 Å². The van der Waals surface area contributed by atoms with E-state index in [2.05, 4.69) is 11.9 Å². The smallest absolute Gasteiger partial charge is 0.372 e. The van der Waals surface area contributed by atoms with Gasteiger partial charge in [0.2, 0.25) is 6.08 Å². The number of hydrogen-bond donors (Lipinski definition) is 0. The van der Waals surface area contributed by atoms with Crippen LogP contribution in [0.25, 0.3) is 0 Å². The van der Waals surface area contributed by atoms with Gasteiger partial charge in [0.15, 0.2) is 0 Å². The third-order valence-corrected chi connectivity index (χ3v) is 5.79. The zero-order valence-electron chi connectivity index (χ0n) is 11.9. The first-order chi connectivity index (χ1) is 8.70. The van der Waals surface area contributed by atoms with Crippen LogP contribution in [0.15, 0.2) is 4.99 Å². The SMILES string of the molecule is CCCCC(N=C=O)[Si](OCC)(OCC)OCC. The predicted molar refractivity (Wildman–Crippen MR) is 72.1 cm³/mol. The number of hydrogen-bond acceptors (Lipinski definition) is 5. The molecule has 0 saturated carbocycles. The predicted octanol–water partition coefficient (Wildman–Crippen LogP) is 2.47. The topological polar surface area (TPSA) is 57.1 Å². The maximum absolute atomic E-state index is 10.6. The zero-order chi connectivity index (χ0) is 13.9. The maximum Gasteiger partial charge on any atom is 0.527 e. The lowest BCUT2D eigenvalue weighted by atomic mass is 10.2. The second-order valence-electron chi connectivity index (χ2n) is 3.78. The molecule has 0 aromatic heterocycles. The van der Waals surface area contributed by atoms with E-state index in [1.807, 2.05) is 20.8 Å². The van der Waals surface area contributed by atoms with Gasteiger partial charge in [-0.25, -0.2) is 4.79 Å². The summed E-state index contributed by atoms with van der Waals surface area (Å²) in [5, 5.41) is 0. The lowest BCUT2D eigenvalue weighted by molar-refractivity contribution is 0.0613. The molecule has 0 fully saturated rings. The Morgan fingerprint density at radius 3 is 1.89 bits per heavy atom. The Bertz CT molecular complexity index is 239. The van der Waals surface area contributed by atoms with Gasteiger partial charge < -0.3 is 13.3 Å². The molecular formula is C12H25NO4Si. The first-order valence-corrected chi connectivity index (χ1v) is 8.49. The van der Waals surface area contributed by atoms with Gasteiger partial charge in [0.1, 0.15) is 5.67 Å². The fraction of sp³-hybridized carbons (Fsp3) is 0.917. The van der Waals surface area contributed by atoms with Crippen LogP contribution in [0.1, 0.15) is 47.0 Å². The van der Waals surface area contributed by atoms with E-state index in [4.69, 9.17) is 13.3 Å². The molecule has 106 valence electrons. The molecule has 0 spiro atoms. The summed E-state index contributed by atoms with van der Waals surface area (Å²) in [7, 11) is -2.91. The lowest BCUT2D eigenvalue weighted by Gasteiger charge is -2.32.